The number of unbranched alkanes of at least 4 members (excludes halogenated alkanes) is 1. The topological polar surface area (TPSA) is 132 Å². The van der Waals surface area contributed by atoms with Crippen LogP contribution in [0.4, 0.5) is 17.2 Å². The standard InChI is InChI=1S/C20H29N5O5/c1-4-5-9-25-18(21)17(19(27)23-20(25)28)24(10-11-29-2)13-16(26)22-14-7-6-8-15(12-14)30-3/h6-8,12H,4-5,9-11,13,21H2,1-3H3,(H,22,26)(H,23,27,28). The van der Waals surface area contributed by atoms with Crippen molar-refractivity contribution in [3.63, 3.8) is 0 Å². The number of nitrogens with two attached hydrogens (primary N) is 1. The number of H-pyrrole nitrogens is 1. The largest absolute Gasteiger partial charge is 0.497 e. The summed E-state index contributed by atoms with van der Waals surface area (Å²) >= 11 is 0. The molecule has 10 nitrogen and oxygen atoms in total. The molecule has 0 spiro atoms. The van der Waals surface area contributed by atoms with Gasteiger partial charge in [-0.15, -0.1) is 0 Å². The number of anilines is 3. The van der Waals surface area contributed by atoms with Gasteiger partial charge in [0.15, 0.2) is 0 Å². The zero-order chi connectivity index (χ0) is 22.1. The van der Waals surface area contributed by atoms with Crippen molar-refractivity contribution in [3.05, 3.63) is 45.1 Å². The highest BCUT2D eigenvalue weighted by Crippen LogP contribution is 2.19. The first kappa shape index (κ1) is 23.0. The van der Waals surface area contributed by atoms with Crippen molar-refractivity contribution in [2.45, 2.75) is 26.3 Å². The van der Waals surface area contributed by atoms with E-state index in [4.69, 9.17) is 15.2 Å². The Morgan fingerprint density at radius 1 is 1.30 bits per heavy atom. The lowest BCUT2D eigenvalue weighted by atomic mass is 10.3. The smallest absolute Gasteiger partial charge is 0.330 e. The van der Waals surface area contributed by atoms with Gasteiger partial charge in [0.1, 0.15) is 17.3 Å². The van der Waals surface area contributed by atoms with Crippen LogP contribution in [0.5, 0.6) is 5.75 Å². The third-order valence-corrected chi connectivity index (χ3v) is 4.52. The van der Waals surface area contributed by atoms with Gasteiger partial charge in [0.2, 0.25) is 5.91 Å². The fourth-order valence-electron chi connectivity index (χ4n) is 2.97. The molecule has 0 unspecified atom stereocenters. The van der Waals surface area contributed by atoms with E-state index in [9.17, 15) is 14.4 Å². The number of nitrogens with one attached hydrogen (secondary N) is 2. The average Bonchev–Trinajstić information content (AvgIpc) is 2.71. The van der Waals surface area contributed by atoms with Crippen LogP contribution in [0.2, 0.25) is 0 Å². The Kier molecular flexibility index (Phi) is 8.48. The van der Waals surface area contributed by atoms with Gasteiger partial charge in [0.25, 0.3) is 5.56 Å². The van der Waals surface area contributed by atoms with Crippen LogP contribution in [0.25, 0.3) is 0 Å². The number of rotatable bonds is 11. The first-order chi connectivity index (χ1) is 14.4. The number of carbonyl (C=O) groups excluding carboxylic acids is 1. The molecule has 0 radical (unpaired) electrons. The van der Waals surface area contributed by atoms with Gasteiger partial charge in [0.05, 0.1) is 20.3 Å². The SMILES string of the molecule is CCCCn1c(N)c(N(CCOC)CC(=O)Nc2cccc(OC)c2)c(=O)[nH]c1=O. The Morgan fingerprint density at radius 2 is 2.07 bits per heavy atom. The van der Waals surface area contributed by atoms with Crippen molar-refractivity contribution in [3.8, 4) is 5.75 Å². The number of aromatic amines is 1. The Bertz CT molecular complexity index is 969. The minimum Gasteiger partial charge on any atom is -0.497 e. The molecule has 164 valence electrons. The number of methoxy groups -OCH3 is 2. The summed E-state index contributed by atoms with van der Waals surface area (Å²) in [4.78, 5) is 41.2. The Balaban J connectivity index is 2.31. The molecule has 0 atom stereocenters. The molecule has 1 amide bonds. The molecule has 4 N–H and O–H groups in total. The molecule has 0 aliphatic heterocycles. The second-order valence-corrected chi connectivity index (χ2v) is 6.69. The highest BCUT2D eigenvalue weighted by molar-refractivity contribution is 5.94. The predicted molar refractivity (Wildman–Crippen MR) is 116 cm³/mol. The molecule has 1 heterocycles. The number of aromatic nitrogens is 2. The first-order valence-corrected chi connectivity index (χ1v) is 9.71. The van der Waals surface area contributed by atoms with Crippen molar-refractivity contribution in [2.75, 3.05) is 49.9 Å². The second-order valence-electron chi connectivity index (χ2n) is 6.69. The first-order valence-electron chi connectivity index (χ1n) is 9.71. The van der Waals surface area contributed by atoms with E-state index in [1.807, 2.05) is 6.92 Å². The fraction of sp³-hybridized carbons (Fsp3) is 0.450. The zero-order valence-corrected chi connectivity index (χ0v) is 17.6. The van der Waals surface area contributed by atoms with E-state index in [1.165, 1.54) is 23.7 Å². The van der Waals surface area contributed by atoms with Gasteiger partial charge < -0.3 is 25.4 Å². The predicted octanol–water partition coefficient (Wildman–Crippen LogP) is 1.02. The third-order valence-electron chi connectivity index (χ3n) is 4.52. The normalized spacial score (nSPS) is 10.6. The van der Waals surface area contributed by atoms with Crippen LogP contribution in [0.1, 0.15) is 19.8 Å². The zero-order valence-electron chi connectivity index (χ0n) is 17.6. The van der Waals surface area contributed by atoms with Crippen LogP contribution in [0, 0.1) is 0 Å². The molecule has 30 heavy (non-hydrogen) atoms. The lowest BCUT2D eigenvalue weighted by Gasteiger charge is -2.25. The minimum atomic E-state index is -0.643. The number of nitrogen functional groups attached to an aromatic ring is 1. The Hall–Kier alpha value is -3.27. The maximum Gasteiger partial charge on any atom is 0.330 e. The number of benzene rings is 1. The second kappa shape index (κ2) is 11.1. The van der Waals surface area contributed by atoms with E-state index < -0.39 is 11.2 Å². The monoisotopic (exact) mass is 419 g/mol. The summed E-state index contributed by atoms with van der Waals surface area (Å²) in [5.74, 6) is 0.277. The molecular formula is C20H29N5O5. The molecule has 0 aliphatic rings. The van der Waals surface area contributed by atoms with Crippen LogP contribution in [-0.4, -0.2) is 49.4 Å². The van der Waals surface area contributed by atoms with Crippen LogP contribution in [0.15, 0.2) is 33.9 Å². The van der Waals surface area contributed by atoms with Crippen LogP contribution >= 0.6 is 0 Å². The fourth-order valence-corrected chi connectivity index (χ4v) is 2.97. The highest BCUT2D eigenvalue weighted by Gasteiger charge is 2.21. The molecule has 10 heteroatoms. The molecule has 0 saturated carbocycles. The Labute approximate surface area is 174 Å². The van der Waals surface area contributed by atoms with Crippen molar-refractivity contribution in [1.29, 1.82) is 0 Å². The van der Waals surface area contributed by atoms with E-state index in [0.717, 1.165) is 12.8 Å². The highest BCUT2D eigenvalue weighted by atomic mass is 16.5. The number of hydrogen-bond acceptors (Lipinski definition) is 7. The molecule has 0 saturated heterocycles. The number of amides is 1. The van der Waals surface area contributed by atoms with E-state index in [0.29, 0.717) is 18.0 Å². The summed E-state index contributed by atoms with van der Waals surface area (Å²) in [6, 6.07) is 6.93. The molecule has 0 bridgehead atoms. The maximum atomic E-state index is 12.6. The van der Waals surface area contributed by atoms with Crippen LogP contribution < -0.4 is 31.9 Å². The molecule has 1 aromatic carbocycles. The Morgan fingerprint density at radius 3 is 2.73 bits per heavy atom. The summed E-state index contributed by atoms with van der Waals surface area (Å²) in [5, 5.41) is 2.77. The van der Waals surface area contributed by atoms with Gasteiger partial charge >= 0.3 is 5.69 Å². The summed E-state index contributed by atoms with van der Waals surface area (Å²) < 4.78 is 11.6. The third kappa shape index (κ3) is 5.86. The molecule has 1 aromatic heterocycles. The summed E-state index contributed by atoms with van der Waals surface area (Å²) in [6.45, 7) is 2.71. The quantitative estimate of drug-likeness (QED) is 0.495. The number of hydrogen-bond donors (Lipinski definition) is 3. The molecule has 2 aromatic rings. The molecular weight excluding hydrogens is 390 g/mol. The van der Waals surface area contributed by atoms with Gasteiger partial charge in [-0.2, -0.15) is 0 Å². The van der Waals surface area contributed by atoms with Gasteiger partial charge in [0, 0.05) is 32.0 Å². The van der Waals surface area contributed by atoms with Gasteiger partial charge in [-0.05, 0) is 18.6 Å². The van der Waals surface area contributed by atoms with Gasteiger partial charge in [-0.1, -0.05) is 19.4 Å². The van der Waals surface area contributed by atoms with Crippen molar-refractivity contribution >= 4 is 23.1 Å². The molecule has 2 rings (SSSR count). The van der Waals surface area contributed by atoms with Crippen molar-refractivity contribution in [1.82, 2.24) is 9.55 Å². The van der Waals surface area contributed by atoms with Crippen molar-refractivity contribution in [2.24, 2.45) is 0 Å². The number of carbonyl (C=O) groups is 1. The number of nitrogens with zero attached hydrogens (tertiary/aromatic N) is 2. The molecule has 0 fully saturated rings. The van der Waals surface area contributed by atoms with Crippen LogP contribution in [-0.2, 0) is 16.1 Å². The number of ether oxygens (including phenoxy) is 2. The summed E-state index contributed by atoms with van der Waals surface area (Å²) in [5.41, 5.74) is 5.60. The van der Waals surface area contributed by atoms with E-state index in [1.54, 1.807) is 24.3 Å². The summed E-state index contributed by atoms with van der Waals surface area (Å²) in [6.07, 6.45) is 1.58. The maximum absolute atomic E-state index is 12.6. The van der Waals surface area contributed by atoms with Gasteiger partial charge in [-0.3, -0.25) is 19.1 Å². The van der Waals surface area contributed by atoms with Gasteiger partial charge in [-0.25, -0.2) is 4.79 Å². The van der Waals surface area contributed by atoms with Crippen LogP contribution in [0.3, 0.4) is 0 Å². The van der Waals surface area contributed by atoms with E-state index in [-0.39, 0.29) is 37.1 Å². The van der Waals surface area contributed by atoms with E-state index >= 15 is 0 Å². The molecule has 0 aliphatic carbocycles. The summed E-state index contributed by atoms with van der Waals surface area (Å²) in [7, 11) is 3.06. The average molecular weight is 419 g/mol. The lowest BCUT2D eigenvalue weighted by Crippen LogP contribution is -2.42. The lowest BCUT2D eigenvalue weighted by molar-refractivity contribution is -0.115. The van der Waals surface area contributed by atoms with Crippen molar-refractivity contribution < 1.29 is 14.3 Å². The van der Waals surface area contributed by atoms with E-state index in [2.05, 4.69) is 10.3 Å². The minimum absolute atomic E-state index is 0.0301.